The molecule has 0 radical (unpaired) electrons. The van der Waals surface area contributed by atoms with E-state index in [1.807, 2.05) is 0 Å². The molecule has 0 amide bonds. The maximum absolute atomic E-state index is 12.0. The number of hydrogen-bond acceptors (Lipinski definition) is 2. The molecule has 0 bridgehead atoms. The first-order valence-corrected chi connectivity index (χ1v) is 6.76. The van der Waals surface area contributed by atoms with Gasteiger partial charge in [-0.3, -0.25) is 0 Å². The molecule has 0 aliphatic carbocycles. The molecule has 0 saturated carbocycles. The van der Waals surface area contributed by atoms with E-state index in [9.17, 15) is 22.8 Å². The molecule has 0 N–H and O–H groups in total. The molecule has 5 nitrogen and oxygen atoms in total. The highest BCUT2D eigenvalue weighted by atomic mass is 27.1. The fourth-order valence-corrected chi connectivity index (χ4v) is 2.29. The Hall–Kier alpha value is -0.938. The summed E-state index contributed by atoms with van der Waals surface area (Å²) in [7, 11) is 1.29. The summed E-state index contributed by atoms with van der Waals surface area (Å²) in [5, 5.41) is 0. The Kier molecular flexibility index (Phi) is 3.70. The maximum Gasteiger partial charge on any atom is 0.406 e. The van der Waals surface area contributed by atoms with Crippen molar-refractivity contribution in [2.75, 3.05) is 0 Å². The van der Waals surface area contributed by atoms with Crippen molar-refractivity contribution in [3.8, 4) is 0 Å². The Balaban J connectivity index is 3.07. The smallest absolute Gasteiger partial charge is 0.345 e. The highest BCUT2D eigenvalue weighted by Gasteiger charge is 2.27. The summed E-state index contributed by atoms with van der Waals surface area (Å²) in [6.45, 7) is -0.518. The van der Waals surface area contributed by atoms with Crippen LogP contribution in [0.25, 0.3) is 0 Å². The maximum atomic E-state index is 12.0. The third kappa shape index (κ3) is 2.60. The second-order valence-electron chi connectivity index (χ2n) is 3.32. The van der Waals surface area contributed by atoms with Crippen LogP contribution in [0.3, 0.4) is 0 Å². The van der Waals surface area contributed by atoms with E-state index in [2.05, 4.69) is 0 Å². The molecule has 0 atom stereocenters. The van der Waals surface area contributed by atoms with Crippen molar-refractivity contribution in [1.82, 2.24) is 12.9 Å². The molecular weight excluding hydrogens is 242 g/mol. The summed E-state index contributed by atoms with van der Waals surface area (Å²) in [6, 6.07) is 0. The van der Waals surface area contributed by atoms with Crippen LogP contribution in [0.1, 0.15) is 6.42 Å². The van der Waals surface area contributed by atoms with Crippen molar-refractivity contribution in [3.05, 3.63) is 21.0 Å². The summed E-state index contributed by atoms with van der Waals surface area (Å²) in [5.74, 6) is 1.72. The second-order valence-corrected chi connectivity index (χ2v) is 4.59. The summed E-state index contributed by atoms with van der Waals surface area (Å²) >= 11 is -1.05. The van der Waals surface area contributed by atoms with Crippen LogP contribution in [0.4, 0.5) is 13.2 Å². The van der Waals surface area contributed by atoms with Crippen LogP contribution in [-0.4, -0.2) is 34.5 Å². The van der Waals surface area contributed by atoms with E-state index in [-0.39, 0.29) is 0 Å². The zero-order valence-electron chi connectivity index (χ0n) is 8.91. The van der Waals surface area contributed by atoms with Gasteiger partial charge in [0.1, 0.15) is 0 Å². The van der Waals surface area contributed by atoms with Gasteiger partial charge in [0.15, 0.2) is 0 Å². The molecule has 1 rings (SSSR count). The molecule has 16 heavy (non-hydrogen) atoms. The van der Waals surface area contributed by atoms with Gasteiger partial charge in [-0.15, -0.1) is 0 Å². The zero-order valence-corrected chi connectivity index (χ0v) is 10.3. The topological polar surface area (TPSA) is 48.9 Å². The monoisotopic (exact) mass is 253 g/mol. The van der Waals surface area contributed by atoms with Crippen LogP contribution in [0.2, 0.25) is 5.79 Å². The minimum absolute atomic E-state index is 0.518. The third-order valence-corrected chi connectivity index (χ3v) is 3.42. The van der Waals surface area contributed by atoms with Gasteiger partial charge < -0.3 is 3.55 Å². The average molecular weight is 253 g/mol. The fraction of sp³-hybridized carbons (Fsp3) is 0.714. The molecule has 0 unspecified atom stereocenters. The Bertz CT molecular complexity index is 485. The average Bonchev–Trinajstić information content (AvgIpc) is 2.35. The van der Waals surface area contributed by atoms with Crippen molar-refractivity contribution in [2.45, 2.75) is 24.9 Å². The third-order valence-electron chi connectivity index (χ3n) is 2.24. The van der Waals surface area contributed by atoms with Gasteiger partial charge in [-0.05, 0) is 0 Å². The van der Waals surface area contributed by atoms with E-state index in [1.165, 1.54) is 7.05 Å². The number of aromatic nitrogens is 3. The van der Waals surface area contributed by atoms with Gasteiger partial charge in [0.05, 0.1) is 13.0 Å². The number of hydrogen-bond donors (Lipinski definition) is 0. The van der Waals surface area contributed by atoms with E-state index in [4.69, 9.17) is 0 Å². The molecule has 0 fully saturated rings. The predicted molar refractivity (Wildman–Crippen MR) is 53.0 cm³/mol. The summed E-state index contributed by atoms with van der Waals surface area (Å²) < 4.78 is 38.8. The van der Waals surface area contributed by atoms with E-state index in [0.717, 1.165) is 12.9 Å². The van der Waals surface area contributed by atoms with Gasteiger partial charge in [0, 0.05) is 7.05 Å². The molecule has 1 heterocycles. The predicted octanol–water partition coefficient (Wildman–Crippen LogP) is -0.451. The molecule has 0 aliphatic rings. The van der Waals surface area contributed by atoms with E-state index < -0.39 is 46.0 Å². The van der Waals surface area contributed by atoms with Crippen LogP contribution < -0.4 is 11.4 Å². The number of rotatable bonds is 3. The first-order chi connectivity index (χ1) is 7.28. The van der Waals surface area contributed by atoms with Crippen LogP contribution >= 0.6 is 0 Å². The Morgan fingerprint density at radius 3 is 2.19 bits per heavy atom. The highest BCUT2D eigenvalue weighted by Crippen LogP contribution is 2.19. The summed E-state index contributed by atoms with van der Waals surface area (Å²) in [6.07, 6.45) is -5.45. The lowest BCUT2D eigenvalue weighted by Crippen LogP contribution is -2.31. The Morgan fingerprint density at radius 1 is 1.25 bits per heavy atom. The lowest BCUT2D eigenvalue weighted by Gasteiger charge is -2.07. The SMILES string of the molecule is [CH3][AlH][n]1c(=O)n(C)n(CCC(F)(F)F)c1=O. The second kappa shape index (κ2) is 4.51. The molecule has 0 saturated heterocycles. The number of alkyl halides is 3. The molecule has 0 spiro atoms. The van der Waals surface area contributed by atoms with E-state index >= 15 is 0 Å². The van der Waals surface area contributed by atoms with Gasteiger partial charge in [0.25, 0.3) is 0 Å². The van der Waals surface area contributed by atoms with Crippen LogP contribution in [0, 0.1) is 0 Å². The number of nitrogens with zero attached hydrogens (tertiary/aromatic N) is 3. The first-order valence-electron chi connectivity index (χ1n) is 4.71. The van der Waals surface area contributed by atoms with Gasteiger partial charge in [-0.25, -0.2) is 19.0 Å². The normalized spacial score (nSPS) is 11.8. The van der Waals surface area contributed by atoms with Crippen molar-refractivity contribution in [2.24, 2.45) is 7.05 Å². The minimum atomic E-state index is -4.33. The summed E-state index contributed by atoms with van der Waals surface area (Å²) in [4.78, 5) is 23.0. The molecule has 9 heteroatoms. The van der Waals surface area contributed by atoms with Crippen LogP contribution in [0.5, 0.6) is 0 Å². The van der Waals surface area contributed by atoms with Crippen molar-refractivity contribution in [3.63, 3.8) is 0 Å². The largest absolute Gasteiger partial charge is 0.406 e. The molecule has 0 aliphatic heterocycles. The number of halogens is 3. The lowest BCUT2D eigenvalue weighted by molar-refractivity contribution is -0.137. The Morgan fingerprint density at radius 2 is 1.81 bits per heavy atom. The quantitative estimate of drug-likeness (QED) is 0.685. The van der Waals surface area contributed by atoms with Gasteiger partial charge in [-0.1, -0.05) is 5.79 Å². The minimum Gasteiger partial charge on any atom is -0.345 e. The van der Waals surface area contributed by atoms with Gasteiger partial charge in [0.2, 0.25) is 0 Å². The first kappa shape index (κ1) is 13.1. The molecular formula is C7H11AlF3N3O2. The van der Waals surface area contributed by atoms with Crippen molar-refractivity contribution in [1.29, 1.82) is 0 Å². The Labute approximate surface area is 95.0 Å². The van der Waals surface area contributed by atoms with Crippen LogP contribution in [-0.2, 0) is 13.6 Å². The van der Waals surface area contributed by atoms with Crippen LogP contribution in [0.15, 0.2) is 9.59 Å². The van der Waals surface area contributed by atoms with Gasteiger partial charge >= 0.3 is 33.0 Å². The fourth-order valence-electron chi connectivity index (χ4n) is 1.38. The van der Waals surface area contributed by atoms with Crippen molar-refractivity contribution >= 4 is 15.4 Å². The lowest BCUT2D eigenvalue weighted by atomic mass is 10.4. The van der Waals surface area contributed by atoms with Crippen molar-refractivity contribution < 1.29 is 13.2 Å². The molecule has 1 aromatic heterocycles. The standard InChI is InChI=1S/C6H8F3N3O2.CH3.Al.H/c1-11-4(13)10-5(14)12(11)3-2-6(7,8)9;;;/h2-3H2,1H3,(H,10,13,14);1H3;;/q;;+1;/p-1. The molecule has 1 aromatic rings. The van der Waals surface area contributed by atoms with E-state index in [0.29, 0.717) is 0 Å². The summed E-state index contributed by atoms with van der Waals surface area (Å²) in [5.41, 5.74) is -1.19. The van der Waals surface area contributed by atoms with E-state index in [1.54, 1.807) is 5.79 Å². The zero-order chi connectivity index (χ0) is 12.5. The molecule has 0 aromatic carbocycles. The highest BCUT2D eigenvalue weighted by molar-refractivity contribution is 6.31. The molecule has 90 valence electrons. The van der Waals surface area contributed by atoms with Gasteiger partial charge in [-0.2, -0.15) is 13.2 Å².